The minimum atomic E-state index is -0.459. The Morgan fingerprint density at radius 3 is 2.10 bits per heavy atom. The minimum Gasteiger partial charge on any atom is -0.325 e. The van der Waals surface area contributed by atoms with E-state index in [0.717, 1.165) is 32.8 Å². The van der Waals surface area contributed by atoms with Crippen molar-refractivity contribution in [3.05, 3.63) is 131 Å². The Bertz CT molecular complexity index is 1530. The molecule has 202 valence electrons. The molecule has 0 aliphatic rings. The lowest BCUT2D eigenvalue weighted by Gasteiger charge is -2.12. The maximum Gasteiger partial charge on any atom is 0.272 e. The van der Waals surface area contributed by atoms with Crippen LogP contribution >= 0.6 is 11.8 Å². The third-order valence-electron chi connectivity index (χ3n) is 5.88. The molecule has 6 nitrogen and oxygen atoms in total. The number of nitrogens with one attached hydrogen (secondary N) is 3. The second kappa shape index (κ2) is 13.4. The molecule has 0 saturated carbocycles. The Hall–Kier alpha value is -4.62. The third kappa shape index (κ3) is 8.44. The number of carbonyl (C=O) groups excluding carboxylic acids is 3. The number of carbonyl (C=O) groups is 3. The molecular weight excluding hydrogens is 518 g/mol. The Morgan fingerprint density at radius 1 is 0.700 bits per heavy atom. The number of aryl methyl sites for hydroxylation is 3. The highest BCUT2D eigenvalue weighted by Crippen LogP contribution is 2.23. The summed E-state index contributed by atoms with van der Waals surface area (Å²) in [5.41, 5.74) is 5.93. The van der Waals surface area contributed by atoms with Gasteiger partial charge in [-0.1, -0.05) is 60.2 Å². The van der Waals surface area contributed by atoms with E-state index in [1.165, 1.54) is 11.8 Å². The van der Waals surface area contributed by atoms with Crippen LogP contribution < -0.4 is 16.0 Å². The average Bonchev–Trinajstić information content (AvgIpc) is 2.93. The first-order chi connectivity index (χ1) is 19.2. The molecule has 0 unspecified atom stereocenters. The Morgan fingerprint density at radius 2 is 1.40 bits per heavy atom. The smallest absolute Gasteiger partial charge is 0.272 e. The second-order valence-electron chi connectivity index (χ2n) is 9.48. The molecule has 4 aromatic rings. The summed E-state index contributed by atoms with van der Waals surface area (Å²) >= 11 is 1.37. The number of benzene rings is 4. The maximum atomic E-state index is 13.3. The van der Waals surface area contributed by atoms with Crippen molar-refractivity contribution in [1.29, 1.82) is 0 Å². The van der Waals surface area contributed by atoms with Gasteiger partial charge in [-0.25, -0.2) is 0 Å². The van der Waals surface area contributed by atoms with Crippen molar-refractivity contribution in [1.82, 2.24) is 5.32 Å². The third-order valence-corrected chi connectivity index (χ3v) is 6.88. The lowest BCUT2D eigenvalue weighted by Crippen LogP contribution is -2.30. The predicted molar refractivity (Wildman–Crippen MR) is 163 cm³/mol. The van der Waals surface area contributed by atoms with E-state index in [9.17, 15) is 14.4 Å². The van der Waals surface area contributed by atoms with Crippen LogP contribution in [0.25, 0.3) is 6.08 Å². The molecule has 0 aliphatic carbocycles. The highest BCUT2D eigenvalue weighted by Gasteiger charge is 2.15. The lowest BCUT2D eigenvalue weighted by molar-refractivity contribution is -0.114. The average molecular weight is 550 g/mol. The van der Waals surface area contributed by atoms with Gasteiger partial charge in [-0.15, -0.1) is 11.8 Å². The summed E-state index contributed by atoms with van der Waals surface area (Å²) in [6.07, 6.45) is 1.64. The van der Waals surface area contributed by atoms with Gasteiger partial charge >= 0.3 is 0 Å². The molecule has 0 fully saturated rings. The van der Waals surface area contributed by atoms with Gasteiger partial charge in [-0.3, -0.25) is 14.4 Å². The fourth-order valence-electron chi connectivity index (χ4n) is 4.03. The standard InChI is InChI=1S/C33H31N3O3S/c1-22-12-14-25(15-13-22)19-30(36-32(38)26-8-5-4-6-9-26)33(39)35-27-10-7-11-29(20-27)40-21-31(37)34-28-17-23(2)16-24(3)18-28/h4-20H,21H2,1-3H3,(H,34,37)(H,35,39)(H,36,38)/b30-19-. The zero-order valence-corrected chi connectivity index (χ0v) is 23.5. The van der Waals surface area contributed by atoms with Crippen LogP contribution in [0.1, 0.15) is 32.6 Å². The summed E-state index contributed by atoms with van der Waals surface area (Å²) in [5.74, 6) is -0.736. The van der Waals surface area contributed by atoms with Crippen LogP contribution in [0.3, 0.4) is 0 Å². The van der Waals surface area contributed by atoms with E-state index in [2.05, 4.69) is 22.0 Å². The van der Waals surface area contributed by atoms with Crippen LogP contribution in [-0.4, -0.2) is 23.5 Å². The zero-order valence-electron chi connectivity index (χ0n) is 22.7. The summed E-state index contributed by atoms with van der Waals surface area (Å²) < 4.78 is 0. The van der Waals surface area contributed by atoms with E-state index in [4.69, 9.17) is 0 Å². The Balaban J connectivity index is 1.44. The molecule has 3 amide bonds. The van der Waals surface area contributed by atoms with E-state index in [1.54, 1.807) is 42.5 Å². The molecule has 0 bridgehead atoms. The van der Waals surface area contributed by atoms with Crippen LogP contribution in [0.15, 0.2) is 108 Å². The summed E-state index contributed by atoms with van der Waals surface area (Å²) in [4.78, 5) is 39.5. The summed E-state index contributed by atoms with van der Waals surface area (Å²) in [5, 5.41) is 8.57. The van der Waals surface area contributed by atoms with Crippen LogP contribution in [0.5, 0.6) is 0 Å². The highest BCUT2D eigenvalue weighted by molar-refractivity contribution is 8.00. The van der Waals surface area contributed by atoms with E-state index in [0.29, 0.717) is 11.3 Å². The molecule has 0 aliphatic heterocycles. The highest BCUT2D eigenvalue weighted by atomic mass is 32.2. The number of rotatable bonds is 9. The molecular formula is C33H31N3O3S. The Labute approximate surface area is 238 Å². The van der Waals surface area contributed by atoms with Crippen molar-refractivity contribution in [2.24, 2.45) is 0 Å². The van der Waals surface area contributed by atoms with Gasteiger partial charge < -0.3 is 16.0 Å². The molecule has 3 N–H and O–H groups in total. The van der Waals surface area contributed by atoms with E-state index < -0.39 is 5.91 Å². The summed E-state index contributed by atoms with van der Waals surface area (Å²) in [7, 11) is 0. The van der Waals surface area contributed by atoms with E-state index in [-0.39, 0.29) is 23.3 Å². The monoisotopic (exact) mass is 549 g/mol. The molecule has 0 atom stereocenters. The van der Waals surface area contributed by atoms with Gasteiger partial charge in [-0.05, 0) is 86.0 Å². The molecule has 7 heteroatoms. The predicted octanol–water partition coefficient (Wildman–Crippen LogP) is 6.75. The number of thioether (sulfide) groups is 1. The first kappa shape index (κ1) is 28.4. The fraction of sp³-hybridized carbons (Fsp3) is 0.121. The Kier molecular flexibility index (Phi) is 9.54. The molecule has 0 spiro atoms. The number of hydrogen-bond donors (Lipinski definition) is 3. The molecule has 40 heavy (non-hydrogen) atoms. The summed E-state index contributed by atoms with van der Waals surface area (Å²) in [6.45, 7) is 5.97. The lowest BCUT2D eigenvalue weighted by atomic mass is 10.1. The quantitative estimate of drug-likeness (QED) is 0.159. The van der Waals surface area contributed by atoms with E-state index >= 15 is 0 Å². The molecule has 0 heterocycles. The number of amides is 3. The first-order valence-corrected chi connectivity index (χ1v) is 13.8. The largest absolute Gasteiger partial charge is 0.325 e. The van der Waals surface area contributed by atoms with Crippen molar-refractivity contribution < 1.29 is 14.4 Å². The van der Waals surface area contributed by atoms with Crippen molar-refractivity contribution in [3.8, 4) is 0 Å². The van der Waals surface area contributed by atoms with Crippen molar-refractivity contribution in [2.75, 3.05) is 16.4 Å². The van der Waals surface area contributed by atoms with Gasteiger partial charge in [0.05, 0.1) is 5.75 Å². The van der Waals surface area contributed by atoms with Crippen molar-refractivity contribution in [3.63, 3.8) is 0 Å². The van der Waals surface area contributed by atoms with Crippen molar-refractivity contribution >= 4 is 46.9 Å². The molecule has 4 rings (SSSR count). The van der Waals surface area contributed by atoms with Crippen LogP contribution in [0, 0.1) is 20.8 Å². The van der Waals surface area contributed by atoms with Crippen molar-refractivity contribution in [2.45, 2.75) is 25.7 Å². The molecule has 4 aromatic carbocycles. The van der Waals surface area contributed by atoms with Gasteiger partial charge in [0.15, 0.2) is 0 Å². The van der Waals surface area contributed by atoms with Gasteiger partial charge in [0.1, 0.15) is 5.70 Å². The van der Waals surface area contributed by atoms with Gasteiger partial charge in [0.25, 0.3) is 11.8 Å². The van der Waals surface area contributed by atoms with E-state index in [1.807, 2.05) is 75.4 Å². The number of hydrogen-bond acceptors (Lipinski definition) is 4. The maximum absolute atomic E-state index is 13.3. The van der Waals surface area contributed by atoms with Crippen LogP contribution in [0.4, 0.5) is 11.4 Å². The second-order valence-corrected chi connectivity index (χ2v) is 10.5. The SMILES string of the molecule is Cc1ccc(/C=C(\NC(=O)c2ccccc2)C(=O)Nc2cccc(SCC(=O)Nc3cc(C)cc(C)c3)c2)cc1. The van der Waals surface area contributed by atoms with Gasteiger partial charge in [-0.2, -0.15) is 0 Å². The molecule has 0 saturated heterocycles. The normalized spacial score (nSPS) is 11.0. The topological polar surface area (TPSA) is 87.3 Å². The zero-order chi connectivity index (χ0) is 28.5. The molecule has 0 aromatic heterocycles. The molecule has 0 radical (unpaired) electrons. The van der Waals surface area contributed by atoms with Crippen LogP contribution in [-0.2, 0) is 9.59 Å². The summed E-state index contributed by atoms with van der Waals surface area (Å²) in [6, 6.07) is 29.6. The minimum absolute atomic E-state index is 0.114. The fourth-order valence-corrected chi connectivity index (χ4v) is 4.78. The van der Waals surface area contributed by atoms with Gasteiger partial charge in [0, 0.05) is 21.8 Å². The number of anilines is 2. The van der Waals surface area contributed by atoms with Crippen LogP contribution in [0.2, 0.25) is 0 Å². The van der Waals surface area contributed by atoms with Gasteiger partial charge in [0.2, 0.25) is 5.91 Å². The first-order valence-electron chi connectivity index (χ1n) is 12.8.